The normalized spacial score (nSPS) is 11.4. The van der Waals surface area contributed by atoms with Crippen molar-refractivity contribution < 1.29 is 9.94 Å². The van der Waals surface area contributed by atoms with Crippen LogP contribution in [0.5, 0.6) is 5.75 Å². The Kier molecular flexibility index (Phi) is 4.41. The van der Waals surface area contributed by atoms with E-state index in [1.807, 2.05) is 25.1 Å². The highest BCUT2D eigenvalue weighted by Crippen LogP contribution is 2.22. The molecule has 0 aliphatic carbocycles. The molecule has 0 fully saturated rings. The van der Waals surface area contributed by atoms with E-state index in [0.717, 1.165) is 22.4 Å². The molecule has 0 saturated carbocycles. The lowest BCUT2D eigenvalue weighted by molar-refractivity contribution is 0.303. The number of aryl methyl sites for hydroxylation is 2. The molecule has 0 amide bonds. The Balaban J connectivity index is 2.20. The van der Waals surface area contributed by atoms with Gasteiger partial charge < -0.3 is 9.94 Å². The molecule has 0 aliphatic heterocycles. The molecule has 2 rings (SSSR count). The fourth-order valence-electron chi connectivity index (χ4n) is 1.95. The van der Waals surface area contributed by atoms with Gasteiger partial charge in [-0.3, -0.25) is 0 Å². The van der Waals surface area contributed by atoms with E-state index in [-0.39, 0.29) is 0 Å². The molecule has 104 valence electrons. The Morgan fingerprint density at radius 1 is 1.05 bits per heavy atom. The van der Waals surface area contributed by atoms with Crippen molar-refractivity contribution in [3.8, 4) is 5.75 Å². The van der Waals surface area contributed by atoms with Gasteiger partial charge in [0.15, 0.2) is 0 Å². The predicted octanol–water partition coefficient (Wildman–Crippen LogP) is 4.08. The highest BCUT2D eigenvalue weighted by atomic mass is 16.5. The van der Waals surface area contributed by atoms with Gasteiger partial charge in [-0.05, 0) is 44.0 Å². The molecule has 0 saturated heterocycles. The van der Waals surface area contributed by atoms with E-state index in [1.165, 1.54) is 5.56 Å². The summed E-state index contributed by atoms with van der Waals surface area (Å²) in [6.45, 7) is 6.32. The van der Waals surface area contributed by atoms with Crippen molar-refractivity contribution >= 4 is 5.71 Å². The lowest BCUT2D eigenvalue weighted by atomic mass is 10.1. The molecule has 0 atom stereocenters. The predicted molar refractivity (Wildman–Crippen MR) is 80.7 cm³/mol. The van der Waals surface area contributed by atoms with Gasteiger partial charge in [0.25, 0.3) is 0 Å². The van der Waals surface area contributed by atoms with Crippen LogP contribution in [-0.4, -0.2) is 10.9 Å². The van der Waals surface area contributed by atoms with Crippen LogP contribution in [0.2, 0.25) is 0 Å². The Bertz CT molecular complexity index is 615. The van der Waals surface area contributed by atoms with Gasteiger partial charge >= 0.3 is 0 Å². The average Bonchev–Trinajstić information content (AvgIpc) is 2.46. The molecule has 1 N–H and O–H groups in total. The summed E-state index contributed by atoms with van der Waals surface area (Å²) in [5, 5.41) is 12.2. The van der Waals surface area contributed by atoms with Gasteiger partial charge in [0.2, 0.25) is 0 Å². The second-order valence-corrected chi connectivity index (χ2v) is 4.96. The summed E-state index contributed by atoms with van der Waals surface area (Å²) < 4.78 is 5.87. The van der Waals surface area contributed by atoms with E-state index in [9.17, 15) is 0 Å². The topological polar surface area (TPSA) is 41.8 Å². The summed E-state index contributed by atoms with van der Waals surface area (Å²) >= 11 is 0. The first-order valence-electron chi connectivity index (χ1n) is 6.58. The molecule has 0 aliphatic rings. The quantitative estimate of drug-likeness (QED) is 0.516. The maximum Gasteiger partial charge on any atom is 0.129 e. The second kappa shape index (κ2) is 6.24. The first-order valence-corrected chi connectivity index (χ1v) is 6.58. The van der Waals surface area contributed by atoms with Gasteiger partial charge in [-0.2, -0.15) is 0 Å². The molecule has 3 nitrogen and oxygen atoms in total. The van der Waals surface area contributed by atoms with E-state index in [0.29, 0.717) is 12.3 Å². The third-order valence-electron chi connectivity index (χ3n) is 3.19. The standard InChI is InChI=1S/C17H19NO2/c1-12-4-7-15(8-5-12)11-20-17-10-13(2)6-9-16(17)14(3)18-19/h4-10,19H,11H2,1-3H3. The lowest BCUT2D eigenvalue weighted by Crippen LogP contribution is -2.03. The first kappa shape index (κ1) is 14.1. The number of hydrogen-bond donors (Lipinski definition) is 1. The molecular formula is C17H19NO2. The van der Waals surface area contributed by atoms with E-state index >= 15 is 0 Å². The minimum absolute atomic E-state index is 0.495. The number of nitrogens with zero attached hydrogens (tertiary/aromatic N) is 1. The summed E-state index contributed by atoms with van der Waals surface area (Å²) in [5.74, 6) is 0.737. The molecule has 20 heavy (non-hydrogen) atoms. The average molecular weight is 269 g/mol. The molecule has 0 radical (unpaired) electrons. The van der Waals surface area contributed by atoms with Crippen molar-refractivity contribution in [3.63, 3.8) is 0 Å². The Morgan fingerprint density at radius 2 is 1.70 bits per heavy atom. The van der Waals surface area contributed by atoms with Crippen molar-refractivity contribution in [2.75, 3.05) is 0 Å². The van der Waals surface area contributed by atoms with E-state index in [4.69, 9.17) is 9.94 Å². The summed E-state index contributed by atoms with van der Waals surface area (Å²) in [7, 11) is 0. The maximum absolute atomic E-state index is 8.93. The fraction of sp³-hybridized carbons (Fsp3) is 0.235. The van der Waals surface area contributed by atoms with E-state index < -0.39 is 0 Å². The number of rotatable bonds is 4. The minimum atomic E-state index is 0.495. The molecule has 0 unspecified atom stereocenters. The van der Waals surface area contributed by atoms with Gasteiger partial charge in [0, 0.05) is 5.56 Å². The molecule has 3 heteroatoms. The largest absolute Gasteiger partial charge is 0.488 e. The molecular weight excluding hydrogens is 250 g/mol. The van der Waals surface area contributed by atoms with Crippen molar-refractivity contribution in [3.05, 3.63) is 64.7 Å². The van der Waals surface area contributed by atoms with Crippen LogP contribution in [0.25, 0.3) is 0 Å². The number of oxime groups is 1. The maximum atomic E-state index is 8.93. The molecule has 0 heterocycles. The van der Waals surface area contributed by atoms with Crippen LogP contribution in [-0.2, 0) is 6.61 Å². The van der Waals surface area contributed by atoms with Crippen LogP contribution >= 0.6 is 0 Å². The fourth-order valence-corrected chi connectivity index (χ4v) is 1.95. The third kappa shape index (κ3) is 3.38. The monoisotopic (exact) mass is 269 g/mol. The number of benzene rings is 2. The van der Waals surface area contributed by atoms with Gasteiger partial charge in [-0.1, -0.05) is 41.1 Å². The highest BCUT2D eigenvalue weighted by molar-refractivity contribution is 6.00. The van der Waals surface area contributed by atoms with Crippen LogP contribution in [0.15, 0.2) is 47.6 Å². The Morgan fingerprint density at radius 3 is 2.35 bits per heavy atom. The zero-order valence-corrected chi connectivity index (χ0v) is 12.1. The highest BCUT2D eigenvalue weighted by Gasteiger charge is 2.08. The zero-order valence-electron chi connectivity index (χ0n) is 12.1. The summed E-state index contributed by atoms with van der Waals surface area (Å²) in [5.41, 5.74) is 4.81. The Hall–Kier alpha value is -2.29. The van der Waals surface area contributed by atoms with Gasteiger partial charge in [-0.25, -0.2) is 0 Å². The molecule has 0 bridgehead atoms. The third-order valence-corrected chi connectivity index (χ3v) is 3.19. The van der Waals surface area contributed by atoms with E-state index in [2.05, 4.69) is 36.3 Å². The van der Waals surface area contributed by atoms with Crippen molar-refractivity contribution in [2.24, 2.45) is 5.16 Å². The second-order valence-electron chi connectivity index (χ2n) is 4.96. The Labute approximate surface area is 119 Å². The van der Waals surface area contributed by atoms with Crippen molar-refractivity contribution in [2.45, 2.75) is 27.4 Å². The molecule has 0 aromatic heterocycles. The van der Waals surface area contributed by atoms with Crippen LogP contribution < -0.4 is 4.74 Å². The van der Waals surface area contributed by atoms with Gasteiger partial charge in [0.05, 0.1) is 5.71 Å². The summed E-state index contributed by atoms with van der Waals surface area (Å²) in [6.07, 6.45) is 0. The number of hydrogen-bond acceptors (Lipinski definition) is 3. The lowest BCUT2D eigenvalue weighted by Gasteiger charge is -2.12. The van der Waals surface area contributed by atoms with Gasteiger partial charge in [-0.15, -0.1) is 0 Å². The van der Waals surface area contributed by atoms with Gasteiger partial charge in [0.1, 0.15) is 12.4 Å². The SMILES string of the molecule is CC(=NO)c1ccc(C)cc1OCc1ccc(C)cc1. The van der Waals surface area contributed by atoms with Crippen molar-refractivity contribution in [1.82, 2.24) is 0 Å². The summed E-state index contributed by atoms with van der Waals surface area (Å²) in [6, 6.07) is 14.1. The summed E-state index contributed by atoms with van der Waals surface area (Å²) in [4.78, 5) is 0. The molecule has 0 spiro atoms. The first-order chi connectivity index (χ1) is 9.60. The molecule has 2 aromatic carbocycles. The van der Waals surface area contributed by atoms with E-state index in [1.54, 1.807) is 6.92 Å². The van der Waals surface area contributed by atoms with Crippen LogP contribution in [0.1, 0.15) is 29.2 Å². The molecule has 2 aromatic rings. The van der Waals surface area contributed by atoms with Crippen LogP contribution in [0.3, 0.4) is 0 Å². The van der Waals surface area contributed by atoms with Crippen LogP contribution in [0.4, 0.5) is 0 Å². The smallest absolute Gasteiger partial charge is 0.129 e. The minimum Gasteiger partial charge on any atom is -0.488 e. The number of ether oxygens (including phenoxy) is 1. The van der Waals surface area contributed by atoms with Crippen molar-refractivity contribution in [1.29, 1.82) is 0 Å². The van der Waals surface area contributed by atoms with Crippen LogP contribution in [0, 0.1) is 13.8 Å². The zero-order chi connectivity index (χ0) is 14.5.